The van der Waals surface area contributed by atoms with Gasteiger partial charge in [-0.3, -0.25) is 0 Å². The van der Waals surface area contributed by atoms with Gasteiger partial charge in [0.05, 0.1) is 6.10 Å². The third kappa shape index (κ3) is 2.08. The summed E-state index contributed by atoms with van der Waals surface area (Å²) in [4.78, 5) is 0. The average molecular weight is 273 g/mol. The normalized spacial score (nSPS) is 24.2. The largest absolute Gasteiger partial charge is 0.423 e. The Bertz CT molecular complexity index is 608. The molecule has 1 aromatic carbocycles. The molecule has 1 fully saturated rings. The van der Waals surface area contributed by atoms with Crippen molar-refractivity contribution >= 4 is 5.69 Å². The van der Waals surface area contributed by atoms with Crippen molar-refractivity contribution in [3.8, 4) is 11.5 Å². The van der Waals surface area contributed by atoms with Gasteiger partial charge in [-0.25, -0.2) is 0 Å². The Balaban J connectivity index is 1.79. The maximum atomic E-state index is 9.79. The number of nitrogens with one attached hydrogen (secondary N) is 1. The summed E-state index contributed by atoms with van der Waals surface area (Å²) >= 11 is 0. The Morgan fingerprint density at radius 3 is 2.75 bits per heavy atom. The smallest absolute Gasteiger partial charge is 0.247 e. The first kappa shape index (κ1) is 13.1. The lowest BCUT2D eigenvalue weighted by atomic mass is 9.64. The van der Waals surface area contributed by atoms with E-state index in [2.05, 4.69) is 29.4 Å². The molecule has 20 heavy (non-hydrogen) atoms. The molecule has 1 aromatic heterocycles. The summed E-state index contributed by atoms with van der Waals surface area (Å²) in [7, 11) is 0. The third-order valence-electron chi connectivity index (χ3n) is 4.38. The van der Waals surface area contributed by atoms with Crippen LogP contribution in [-0.2, 0) is 0 Å². The van der Waals surface area contributed by atoms with E-state index in [-0.39, 0.29) is 11.5 Å². The van der Waals surface area contributed by atoms with Gasteiger partial charge >= 0.3 is 0 Å². The van der Waals surface area contributed by atoms with E-state index < -0.39 is 0 Å². The Labute approximate surface area is 118 Å². The fourth-order valence-electron chi connectivity index (χ4n) is 2.59. The number of aliphatic hydroxyl groups is 1. The first-order valence-electron chi connectivity index (χ1n) is 6.80. The van der Waals surface area contributed by atoms with Crippen molar-refractivity contribution in [2.24, 2.45) is 5.41 Å². The second kappa shape index (κ2) is 4.59. The van der Waals surface area contributed by atoms with Crippen LogP contribution in [0.1, 0.15) is 25.8 Å². The van der Waals surface area contributed by atoms with Crippen LogP contribution < -0.4 is 5.32 Å². The predicted molar refractivity (Wildman–Crippen MR) is 76.3 cm³/mol. The molecule has 1 aliphatic rings. The number of aliphatic hydroxyl groups excluding tert-OH is 1. The van der Waals surface area contributed by atoms with Gasteiger partial charge in [-0.2, -0.15) is 0 Å². The number of aromatic nitrogens is 2. The maximum Gasteiger partial charge on any atom is 0.247 e. The van der Waals surface area contributed by atoms with Crippen molar-refractivity contribution in [1.82, 2.24) is 10.2 Å². The van der Waals surface area contributed by atoms with Gasteiger partial charge in [-0.15, -0.1) is 10.2 Å². The number of nitrogens with zero attached hydrogens (tertiary/aromatic N) is 2. The number of benzene rings is 1. The number of hydrogen-bond donors (Lipinski definition) is 2. The molecule has 1 aliphatic carbocycles. The number of hydrogen-bond acceptors (Lipinski definition) is 5. The highest BCUT2D eigenvalue weighted by Gasteiger charge is 2.47. The molecule has 2 unspecified atom stereocenters. The minimum absolute atomic E-state index is 0.0857. The number of rotatable bonds is 3. The van der Waals surface area contributed by atoms with Crippen molar-refractivity contribution in [3.63, 3.8) is 0 Å². The summed E-state index contributed by atoms with van der Waals surface area (Å²) in [5.41, 5.74) is 3.03. The van der Waals surface area contributed by atoms with E-state index in [1.165, 1.54) is 6.39 Å². The number of anilines is 1. The SMILES string of the molecule is Cc1cc(-c2nnco2)ccc1NC1CC(O)C1(C)C. The summed E-state index contributed by atoms with van der Waals surface area (Å²) in [5.74, 6) is 0.527. The molecule has 0 bridgehead atoms. The zero-order valence-electron chi connectivity index (χ0n) is 11.9. The van der Waals surface area contributed by atoms with Crippen LogP contribution in [-0.4, -0.2) is 27.4 Å². The summed E-state index contributed by atoms with van der Waals surface area (Å²) in [6.07, 6.45) is 1.89. The fraction of sp³-hybridized carbons (Fsp3) is 0.467. The van der Waals surface area contributed by atoms with Crippen LogP contribution in [0.4, 0.5) is 5.69 Å². The Hall–Kier alpha value is -1.88. The van der Waals surface area contributed by atoms with E-state index in [1.54, 1.807) is 0 Å². The highest BCUT2D eigenvalue weighted by atomic mass is 16.4. The van der Waals surface area contributed by atoms with Crippen LogP contribution in [0.3, 0.4) is 0 Å². The molecular formula is C15H19N3O2. The van der Waals surface area contributed by atoms with Gasteiger partial charge in [0.15, 0.2) is 0 Å². The molecule has 0 saturated heterocycles. The fourth-order valence-corrected chi connectivity index (χ4v) is 2.59. The standard InChI is InChI=1S/C15H19N3O2/c1-9-6-10(14-18-16-8-20-14)4-5-11(9)17-12-7-13(19)15(12,2)3/h4-6,8,12-13,17,19H,7H2,1-3H3. The molecule has 5 heteroatoms. The van der Waals surface area contributed by atoms with Crippen molar-refractivity contribution in [2.75, 3.05) is 5.32 Å². The molecule has 0 radical (unpaired) electrons. The maximum absolute atomic E-state index is 9.79. The minimum atomic E-state index is -0.224. The van der Waals surface area contributed by atoms with Crippen LogP contribution in [0.25, 0.3) is 11.5 Å². The lowest BCUT2D eigenvalue weighted by molar-refractivity contribution is -0.0510. The first-order chi connectivity index (χ1) is 9.48. The summed E-state index contributed by atoms with van der Waals surface area (Å²) in [6.45, 7) is 6.21. The van der Waals surface area contributed by atoms with E-state index >= 15 is 0 Å². The highest BCUT2D eigenvalue weighted by Crippen LogP contribution is 2.42. The van der Waals surface area contributed by atoms with Crippen molar-refractivity contribution in [3.05, 3.63) is 30.2 Å². The van der Waals surface area contributed by atoms with Gasteiger partial charge in [-0.1, -0.05) is 13.8 Å². The average Bonchev–Trinajstić information content (AvgIpc) is 2.94. The van der Waals surface area contributed by atoms with Crippen LogP contribution in [0, 0.1) is 12.3 Å². The third-order valence-corrected chi connectivity index (χ3v) is 4.38. The summed E-state index contributed by atoms with van der Waals surface area (Å²) in [5, 5.41) is 20.9. The molecule has 0 spiro atoms. The van der Waals surface area contributed by atoms with Gasteiger partial charge < -0.3 is 14.8 Å². The molecule has 0 amide bonds. The van der Waals surface area contributed by atoms with Crippen LogP contribution in [0.15, 0.2) is 29.0 Å². The minimum Gasteiger partial charge on any atom is -0.423 e. The molecule has 2 atom stereocenters. The van der Waals surface area contributed by atoms with Crippen molar-refractivity contribution in [1.29, 1.82) is 0 Å². The number of aryl methyl sites for hydroxylation is 1. The molecule has 5 nitrogen and oxygen atoms in total. The zero-order valence-corrected chi connectivity index (χ0v) is 11.9. The van der Waals surface area contributed by atoms with E-state index in [4.69, 9.17) is 4.42 Å². The molecule has 2 aromatic rings. The molecule has 3 rings (SSSR count). The topological polar surface area (TPSA) is 71.2 Å². The van der Waals surface area contributed by atoms with Crippen LogP contribution in [0.2, 0.25) is 0 Å². The van der Waals surface area contributed by atoms with Gasteiger partial charge in [0.1, 0.15) is 0 Å². The molecule has 1 saturated carbocycles. The lowest BCUT2D eigenvalue weighted by Gasteiger charge is -2.50. The van der Waals surface area contributed by atoms with Gasteiger partial charge in [0.25, 0.3) is 0 Å². The Morgan fingerprint density at radius 2 is 2.20 bits per heavy atom. The van der Waals surface area contributed by atoms with Gasteiger partial charge in [0, 0.05) is 22.7 Å². The van der Waals surface area contributed by atoms with E-state index in [0.29, 0.717) is 11.9 Å². The molecule has 2 N–H and O–H groups in total. The zero-order chi connectivity index (χ0) is 14.3. The second-order valence-corrected chi connectivity index (χ2v) is 6.04. The van der Waals surface area contributed by atoms with E-state index in [0.717, 1.165) is 23.2 Å². The first-order valence-corrected chi connectivity index (χ1v) is 6.80. The molecule has 106 valence electrons. The van der Waals surface area contributed by atoms with Gasteiger partial charge in [0.2, 0.25) is 12.3 Å². The molecule has 0 aliphatic heterocycles. The van der Waals surface area contributed by atoms with Crippen LogP contribution >= 0.6 is 0 Å². The summed E-state index contributed by atoms with van der Waals surface area (Å²) < 4.78 is 5.20. The highest BCUT2D eigenvalue weighted by molar-refractivity contribution is 5.62. The quantitative estimate of drug-likeness (QED) is 0.899. The monoisotopic (exact) mass is 273 g/mol. The van der Waals surface area contributed by atoms with Crippen molar-refractivity contribution < 1.29 is 9.52 Å². The predicted octanol–water partition coefficient (Wildman–Crippen LogP) is 2.62. The van der Waals surface area contributed by atoms with Crippen molar-refractivity contribution in [2.45, 2.75) is 39.3 Å². The molecular weight excluding hydrogens is 254 g/mol. The summed E-state index contributed by atoms with van der Waals surface area (Å²) in [6, 6.07) is 6.31. The molecule has 1 heterocycles. The lowest BCUT2D eigenvalue weighted by Crippen LogP contribution is -2.56. The van der Waals surface area contributed by atoms with Gasteiger partial charge in [-0.05, 0) is 37.1 Å². The Kier molecular flexibility index (Phi) is 3.01. The Morgan fingerprint density at radius 1 is 1.40 bits per heavy atom. The van der Waals surface area contributed by atoms with Crippen LogP contribution in [0.5, 0.6) is 0 Å². The second-order valence-electron chi connectivity index (χ2n) is 6.04. The van der Waals surface area contributed by atoms with E-state index in [1.807, 2.05) is 25.1 Å². The van der Waals surface area contributed by atoms with E-state index in [9.17, 15) is 5.11 Å².